The minimum Gasteiger partial charge on any atom is -0.394 e. The molecule has 2 N–H and O–H groups in total. The molecule has 2 aliphatic rings. The topological polar surface area (TPSA) is 164 Å². The van der Waals surface area contributed by atoms with E-state index in [1.165, 1.54) is 36.4 Å². The van der Waals surface area contributed by atoms with Crippen LogP contribution in [0.5, 0.6) is 0 Å². The molecule has 32 heavy (non-hydrogen) atoms. The van der Waals surface area contributed by atoms with Gasteiger partial charge in [0.05, 0.1) is 23.1 Å². The van der Waals surface area contributed by atoms with Crippen molar-refractivity contribution < 1.29 is 39.0 Å². The van der Waals surface area contributed by atoms with E-state index in [1.54, 1.807) is 12.1 Å². The van der Waals surface area contributed by atoms with Gasteiger partial charge in [-0.05, 0) is 0 Å². The van der Waals surface area contributed by atoms with Crippen LogP contribution in [-0.4, -0.2) is 57.7 Å². The summed E-state index contributed by atoms with van der Waals surface area (Å²) < 4.78 is 23.3. The minimum absolute atomic E-state index is 0.155. The highest BCUT2D eigenvalue weighted by molar-refractivity contribution is 5.36. The molecule has 0 spiro atoms. The van der Waals surface area contributed by atoms with Gasteiger partial charge >= 0.3 is 0 Å². The molecular formula is C20H20N2O10. The third-order valence-corrected chi connectivity index (χ3v) is 5.26. The molecule has 2 unspecified atom stereocenters. The molecule has 6 atom stereocenters. The van der Waals surface area contributed by atoms with Crippen molar-refractivity contribution in [2.45, 2.75) is 37.0 Å². The first-order valence-corrected chi connectivity index (χ1v) is 9.73. The summed E-state index contributed by atoms with van der Waals surface area (Å²) in [5.74, 6) is 0. The zero-order valence-corrected chi connectivity index (χ0v) is 16.6. The molecular weight excluding hydrogens is 428 g/mol. The Hall–Kier alpha value is -3.00. The number of fused-ring (bicyclic) bond motifs is 2. The maximum Gasteiger partial charge on any atom is 0.269 e. The van der Waals surface area contributed by atoms with E-state index < -0.39 is 53.4 Å². The van der Waals surface area contributed by atoms with Crippen molar-refractivity contribution in [2.75, 3.05) is 13.2 Å². The van der Waals surface area contributed by atoms with Crippen LogP contribution in [0.1, 0.15) is 23.7 Å². The fourth-order valence-corrected chi connectivity index (χ4v) is 3.66. The number of aliphatic hydroxyl groups excluding tert-OH is 2. The highest BCUT2D eigenvalue weighted by Gasteiger charge is 2.46. The van der Waals surface area contributed by atoms with Gasteiger partial charge in [-0.25, -0.2) is 0 Å². The fourth-order valence-electron chi connectivity index (χ4n) is 3.66. The van der Waals surface area contributed by atoms with Crippen LogP contribution < -0.4 is 0 Å². The Morgan fingerprint density at radius 1 is 0.906 bits per heavy atom. The molecule has 0 aliphatic carbocycles. The number of aliphatic hydroxyl groups is 2. The van der Waals surface area contributed by atoms with Gasteiger partial charge in [0.2, 0.25) is 0 Å². The van der Waals surface area contributed by atoms with Crippen molar-refractivity contribution >= 4 is 11.4 Å². The summed E-state index contributed by atoms with van der Waals surface area (Å²) in [5, 5.41) is 42.9. The molecule has 2 heterocycles. The van der Waals surface area contributed by atoms with E-state index in [9.17, 15) is 30.4 Å². The van der Waals surface area contributed by atoms with Gasteiger partial charge in [-0.3, -0.25) is 20.2 Å². The molecule has 12 nitrogen and oxygen atoms in total. The van der Waals surface area contributed by atoms with Crippen molar-refractivity contribution in [1.82, 2.24) is 0 Å². The average molecular weight is 448 g/mol. The summed E-state index contributed by atoms with van der Waals surface area (Å²) in [6.45, 7) is -0.706. The zero-order chi connectivity index (χ0) is 22.8. The molecule has 2 aromatic rings. The summed E-state index contributed by atoms with van der Waals surface area (Å²) in [6.07, 6.45) is -6.58. The first kappa shape index (κ1) is 22.2. The smallest absolute Gasteiger partial charge is 0.269 e. The van der Waals surface area contributed by atoms with Gasteiger partial charge < -0.3 is 29.2 Å². The molecule has 2 saturated heterocycles. The highest BCUT2D eigenvalue weighted by Crippen LogP contribution is 2.37. The van der Waals surface area contributed by atoms with Crippen molar-refractivity contribution in [3.63, 3.8) is 0 Å². The molecule has 4 rings (SSSR count). The van der Waals surface area contributed by atoms with Crippen LogP contribution in [0.15, 0.2) is 48.5 Å². The van der Waals surface area contributed by atoms with Gasteiger partial charge in [0.25, 0.3) is 11.4 Å². The van der Waals surface area contributed by atoms with Crippen LogP contribution in [-0.2, 0) is 18.9 Å². The Labute approximate surface area is 181 Å². The maximum absolute atomic E-state index is 11.1. The highest BCUT2D eigenvalue weighted by atomic mass is 16.8. The lowest BCUT2D eigenvalue weighted by atomic mass is 10.0. The molecule has 2 aromatic carbocycles. The van der Waals surface area contributed by atoms with E-state index >= 15 is 0 Å². The van der Waals surface area contributed by atoms with E-state index in [2.05, 4.69) is 0 Å². The van der Waals surface area contributed by atoms with E-state index in [1.807, 2.05) is 0 Å². The second-order valence-corrected chi connectivity index (χ2v) is 7.32. The molecule has 2 aliphatic heterocycles. The van der Waals surface area contributed by atoms with Crippen LogP contribution in [0.3, 0.4) is 0 Å². The number of hydrogen-bond donors (Lipinski definition) is 2. The predicted octanol–water partition coefficient (Wildman–Crippen LogP) is 1.75. The van der Waals surface area contributed by atoms with Crippen LogP contribution in [0.4, 0.5) is 11.4 Å². The first-order valence-electron chi connectivity index (χ1n) is 9.73. The number of nitro benzene ring substituents is 2. The molecule has 0 radical (unpaired) electrons. The predicted molar refractivity (Wildman–Crippen MR) is 105 cm³/mol. The largest absolute Gasteiger partial charge is 0.394 e. The summed E-state index contributed by atoms with van der Waals surface area (Å²) in [4.78, 5) is 21.1. The summed E-state index contributed by atoms with van der Waals surface area (Å²) in [5.41, 5.74) is 0.353. The number of nitrogens with zero attached hydrogens (tertiary/aromatic N) is 2. The minimum atomic E-state index is -1.26. The molecule has 12 heteroatoms. The van der Waals surface area contributed by atoms with E-state index in [0.717, 1.165) is 0 Å². The standard InChI is InChI=1S/C20H20N2O10/c23-9-15-18-17(24)16(31-20(30-15)12-4-2-6-14(8-12)22(27)28)10-29-19(32-18)11-3-1-5-13(7-11)21(25)26/h1-8,15-20,23-24H,9-10H2/t15-,16+,17-,18-,19?,20?/m1/s1. The second-order valence-electron chi connectivity index (χ2n) is 7.32. The van der Waals surface area contributed by atoms with E-state index in [-0.39, 0.29) is 18.0 Å². The Balaban J connectivity index is 1.61. The number of rotatable bonds is 5. The number of benzene rings is 2. The summed E-state index contributed by atoms with van der Waals surface area (Å²) >= 11 is 0. The second kappa shape index (κ2) is 9.24. The lowest BCUT2D eigenvalue weighted by molar-refractivity contribution is -0.385. The monoisotopic (exact) mass is 448 g/mol. The Kier molecular flexibility index (Phi) is 6.41. The number of nitro groups is 2. The molecule has 0 saturated carbocycles. The number of ether oxygens (including phenoxy) is 4. The van der Waals surface area contributed by atoms with Crippen molar-refractivity contribution in [1.29, 1.82) is 0 Å². The van der Waals surface area contributed by atoms with E-state index in [0.29, 0.717) is 11.1 Å². The van der Waals surface area contributed by atoms with Crippen molar-refractivity contribution in [3.8, 4) is 0 Å². The lowest BCUT2D eigenvalue weighted by Gasteiger charge is -2.29. The third kappa shape index (κ3) is 4.46. The van der Waals surface area contributed by atoms with Crippen molar-refractivity contribution in [2.24, 2.45) is 0 Å². The Morgan fingerprint density at radius 2 is 1.50 bits per heavy atom. The molecule has 170 valence electrons. The van der Waals surface area contributed by atoms with Crippen LogP contribution >= 0.6 is 0 Å². The SMILES string of the molecule is O=[N+]([O-])c1cccc(C2OC[C@@H]3OC(c4cccc([N+](=O)[O-])c4)O[C@H](CO)[C@@H](O2)[C@@H]3O)c1. The number of hydrogen-bond acceptors (Lipinski definition) is 10. The lowest BCUT2D eigenvalue weighted by Crippen LogP contribution is -2.45. The summed E-state index contributed by atoms with van der Waals surface area (Å²) in [6, 6.07) is 11.3. The quantitative estimate of drug-likeness (QED) is 0.509. The zero-order valence-electron chi connectivity index (χ0n) is 16.6. The molecule has 0 amide bonds. The summed E-state index contributed by atoms with van der Waals surface area (Å²) in [7, 11) is 0. The van der Waals surface area contributed by atoms with Gasteiger partial charge in [-0.15, -0.1) is 0 Å². The molecule has 2 fully saturated rings. The average Bonchev–Trinajstić information content (AvgIpc) is 3.04. The van der Waals surface area contributed by atoms with Gasteiger partial charge in [0.1, 0.15) is 24.4 Å². The maximum atomic E-state index is 11.1. The van der Waals surface area contributed by atoms with Gasteiger partial charge in [-0.2, -0.15) is 0 Å². The molecule has 2 bridgehead atoms. The molecule has 0 aromatic heterocycles. The van der Waals surface area contributed by atoms with Gasteiger partial charge in [0.15, 0.2) is 12.6 Å². The first-order chi connectivity index (χ1) is 15.4. The van der Waals surface area contributed by atoms with E-state index in [4.69, 9.17) is 18.9 Å². The van der Waals surface area contributed by atoms with Crippen LogP contribution in [0.2, 0.25) is 0 Å². The van der Waals surface area contributed by atoms with Gasteiger partial charge in [0, 0.05) is 35.4 Å². The van der Waals surface area contributed by atoms with Crippen LogP contribution in [0, 0.1) is 20.2 Å². The Morgan fingerprint density at radius 3 is 2.06 bits per heavy atom. The van der Waals surface area contributed by atoms with Crippen LogP contribution in [0.25, 0.3) is 0 Å². The van der Waals surface area contributed by atoms with Gasteiger partial charge in [-0.1, -0.05) is 24.3 Å². The Bertz CT molecular complexity index is 1000. The normalized spacial score (nSPS) is 30.2. The fraction of sp³-hybridized carbons (Fsp3) is 0.400. The number of non-ortho nitro benzene ring substituents is 2. The van der Waals surface area contributed by atoms with Crippen molar-refractivity contribution in [3.05, 3.63) is 79.9 Å². The third-order valence-electron chi connectivity index (χ3n) is 5.26.